The van der Waals surface area contributed by atoms with Crippen molar-refractivity contribution in [3.63, 3.8) is 0 Å². The molecule has 0 aliphatic heterocycles. The molecule has 2 rings (SSSR count). The van der Waals surface area contributed by atoms with Gasteiger partial charge in [-0.25, -0.2) is 4.57 Å². The van der Waals surface area contributed by atoms with Crippen molar-refractivity contribution in [2.75, 3.05) is 6.61 Å². The molecule has 0 saturated heterocycles. The monoisotopic (exact) mass is 357 g/mol. The van der Waals surface area contributed by atoms with E-state index in [9.17, 15) is 0 Å². The Morgan fingerprint density at radius 2 is 1.46 bits per heavy atom. The van der Waals surface area contributed by atoms with E-state index in [2.05, 4.69) is 61.1 Å². The molecule has 1 aromatic heterocycles. The van der Waals surface area contributed by atoms with Gasteiger partial charge in [-0.05, 0) is 36.1 Å². The van der Waals surface area contributed by atoms with Crippen molar-refractivity contribution in [2.45, 2.75) is 84.6 Å². The molecule has 0 aliphatic carbocycles. The van der Waals surface area contributed by atoms with Crippen LogP contribution in [0.4, 0.5) is 0 Å². The zero-order chi connectivity index (χ0) is 18.5. The topological polar surface area (TPSA) is 18.0 Å². The molecule has 2 aromatic rings. The zero-order valence-electron chi connectivity index (χ0n) is 16.8. The van der Waals surface area contributed by atoms with E-state index in [0.29, 0.717) is 0 Å². The molecule has 144 valence electrons. The van der Waals surface area contributed by atoms with Crippen LogP contribution in [0.1, 0.15) is 78.1 Å². The summed E-state index contributed by atoms with van der Waals surface area (Å²) in [5, 5.41) is 0. The summed E-state index contributed by atoms with van der Waals surface area (Å²) in [5.74, 6) is 1.16. The fourth-order valence-corrected chi connectivity index (χ4v) is 3.30. The first-order valence-corrected chi connectivity index (χ1v) is 10.7. The van der Waals surface area contributed by atoms with E-state index in [-0.39, 0.29) is 0 Å². The molecule has 0 spiro atoms. The standard InChI is InChI=1S/C23H37N2O/c1-3-5-7-8-9-10-11-15-18-24-19-20-25(26-21-6-4-2)23(24)22-16-13-12-14-17-22/h12-14,16-17,19-20H,3-11,15,18,21H2,1-2H3/q+1. The van der Waals surface area contributed by atoms with Crippen LogP contribution in [0, 0.1) is 0 Å². The molecular weight excluding hydrogens is 320 g/mol. The van der Waals surface area contributed by atoms with Crippen LogP contribution < -0.4 is 9.40 Å². The third kappa shape index (κ3) is 6.86. The molecule has 1 heterocycles. The van der Waals surface area contributed by atoms with Gasteiger partial charge in [0.15, 0.2) is 6.20 Å². The Kier molecular flexibility index (Phi) is 9.92. The largest absolute Gasteiger partial charge is 0.335 e. The van der Waals surface area contributed by atoms with Crippen molar-refractivity contribution in [3.05, 3.63) is 42.7 Å². The third-order valence-electron chi connectivity index (χ3n) is 4.88. The minimum Gasteiger partial charge on any atom is -0.335 e. The second-order valence-electron chi connectivity index (χ2n) is 7.17. The molecule has 0 amide bonds. The Morgan fingerprint density at radius 1 is 0.808 bits per heavy atom. The van der Waals surface area contributed by atoms with Crippen LogP contribution in [-0.4, -0.2) is 11.3 Å². The van der Waals surface area contributed by atoms with Gasteiger partial charge in [-0.15, -0.1) is 0 Å². The van der Waals surface area contributed by atoms with Crippen molar-refractivity contribution < 1.29 is 9.40 Å². The van der Waals surface area contributed by atoms with Gasteiger partial charge in [0.05, 0.1) is 12.1 Å². The minimum absolute atomic E-state index is 0.767. The van der Waals surface area contributed by atoms with Gasteiger partial charge in [0.1, 0.15) is 12.8 Å². The van der Waals surface area contributed by atoms with Crippen molar-refractivity contribution in [1.29, 1.82) is 0 Å². The first-order valence-electron chi connectivity index (χ1n) is 10.7. The molecule has 3 heteroatoms. The van der Waals surface area contributed by atoms with Gasteiger partial charge >= 0.3 is 5.82 Å². The van der Waals surface area contributed by atoms with Crippen LogP contribution in [0.25, 0.3) is 11.4 Å². The fourth-order valence-electron chi connectivity index (χ4n) is 3.30. The van der Waals surface area contributed by atoms with Gasteiger partial charge < -0.3 is 4.84 Å². The Balaban J connectivity index is 1.89. The van der Waals surface area contributed by atoms with Gasteiger partial charge in [-0.2, -0.15) is 0 Å². The molecule has 0 unspecified atom stereocenters. The summed E-state index contributed by atoms with van der Waals surface area (Å²) in [6.07, 6.45) is 17.3. The molecule has 26 heavy (non-hydrogen) atoms. The fraction of sp³-hybridized carbons (Fsp3) is 0.609. The van der Waals surface area contributed by atoms with Gasteiger partial charge in [-0.3, -0.25) is 0 Å². The van der Waals surface area contributed by atoms with Gasteiger partial charge in [0.25, 0.3) is 0 Å². The van der Waals surface area contributed by atoms with Gasteiger partial charge in [-0.1, -0.05) is 77.0 Å². The lowest BCUT2D eigenvalue weighted by Crippen LogP contribution is -2.35. The summed E-state index contributed by atoms with van der Waals surface area (Å²) in [6, 6.07) is 10.6. The lowest BCUT2D eigenvalue weighted by Gasteiger charge is -2.06. The summed E-state index contributed by atoms with van der Waals surface area (Å²) in [4.78, 5) is 5.99. The Labute approximate surface area is 160 Å². The van der Waals surface area contributed by atoms with Crippen molar-refractivity contribution in [1.82, 2.24) is 4.73 Å². The van der Waals surface area contributed by atoms with Crippen LogP contribution in [0.5, 0.6) is 0 Å². The second-order valence-corrected chi connectivity index (χ2v) is 7.17. The molecule has 0 saturated carbocycles. The maximum absolute atomic E-state index is 5.99. The SMILES string of the molecule is CCCCCCCCCC[n+]1ccn(OCCCC)c1-c1ccccc1. The zero-order valence-corrected chi connectivity index (χ0v) is 16.8. The van der Waals surface area contributed by atoms with Gasteiger partial charge in [0.2, 0.25) is 0 Å². The van der Waals surface area contributed by atoms with Crippen molar-refractivity contribution >= 4 is 0 Å². The molecule has 0 radical (unpaired) electrons. The molecule has 1 aromatic carbocycles. The molecular formula is C23H37N2O+. The summed E-state index contributed by atoms with van der Waals surface area (Å²) in [7, 11) is 0. The van der Waals surface area contributed by atoms with E-state index >= 15 is 0 Å². The van der Waals surface area contributed by atoms with E-state index in [1.54, 1.807) is 0 Å². The Hall–Kier alpha value is -1.77. The van der Waals surface area contributed by atoms with Crippen LogP contribution >= 0.6 is 0 Å². The predicted molar refractivity (Wildman–Crippen MR) is 109 cm³/mol. The van der Waals surface area contributed by atoms with E-state index < -0.39 is 0 Å². The van der Waals surface area contributed by atoms with Crippen LogP contribution in [0.3, 0.4) is 0 Å². The molecule has 3 nitrogen and oxygen atoms in total. The number of nitrogens with zero attached hydrogens (tertiary/aromatic N) is 2. The average Bonchev–Trinajstić information content (AvgIpc) is 3.07. The van der Waals surface area contributed by atoms with E-state index in [0.717, 1.165) is 31.8 Å². The van der Waals surface area contributed by atoms with E-state index in [4.69, 9.17) is 4.84 Å². The lowest BCUT2D eigenvalue weighted by atomic mass is 10.1. The molecule has 0 fully saturated rings. The average molecular weight is 358 g/mol. The Morgan fingerprint density at radius 3 is 2.15 bits per heavy atom. The maximum atomic E-state index is 5.99. The lowest BCUT2D eigenvalue weighted by molar-refractivity contribution is -0.686. The quantitative estimate of drug-likeness (QED) is 0.308. The molecule has 0 atom stereocenters. The van der Waals surface area contributed by atoms with Crippen LogP contribution in [-0.2, 0) is 6.54 Å². The summed E-state index contributed by atoms with van der Waals surface area (Å²) >= 11 is 0. The maximum Gasteiger partial charge on any atom is 0.328 e. The van der Waals surface area contributed by atoms with Crippen molar-refractivity contribution in [3.8, 4) is 11.4 Å². The van der Waals surface area contributed by atoms with Gasteiger partial charge in [0, 0.05) is 0 Å². The molecule has 0 bridgehead atoms. The number of rotatable bonds is 14. The normalized spacial score (nSPS) is 11.0. The smallest absolute Gasteiger partial charge is 0.328 e. The number of imidazole rings is 1. The summed E-state index contributed by atoms with van der Waals surface area (Å²) in [5.41, 5.74) is 1.22. The Bertz CT molecular complexity index is 592. The van der Waals surface area contributed by atoms with Crippen LogP contribution in [0.2, 0.25) is 0 Å². The number of hydrogen-bond donors (Lipinski definition) is 0. The summed E-state index contributed by atoms with van der Waals surface area (Å²) < 4.78 is 4.30. The second kappa shape index (κ2) is 12.6. The highest BCUT2D eigenvalue weighted by Crippen LogP contribution is 2.15. The van der Waals surface area contributed by atoms with E-state index in [1.165, 1.54) is 56.9 Å². The molecule has 0 N–H and O–H groups in total. The first-order chi connectivity index (χ1) is 12.9. The minimum atomic E-state index is 0.767. The number of aryl methyl sites for hydroxylation is 1. The number of aromatic nitrogens is 2. The molecule has 0 aliphatic rings. The number of benzene rings is 1. The highest BCUT2D eigenvalue weighted by Gasteiger charge is 2.20. The highest BCUT2D eigenvalue weighted by molar-refractivity contribution is 5.51. The predicted octanol–water partition coefficient (Wildman–Crippen LogP) is 5.81. The number of unbranched alkanes of at least 4 members (excludes halogenated alkanes) is 8. The van der Waals surface area contributed by atoms with Crippen molar-refractivity contribution in [2.24, 2.45) is 0 Å². The third-order valence-corrected chi connectivity index (χ3v) is 4.88. The van der Waals surface area contributed by atoms with E-state index in [1.807, 2.05) is 4.73 Å². The summed E-state index contributed by atoms with van der Waals surface area (Å²) in [6.45, 7) is 6.30. The highest BCUT2D eigenvalue weighted by atomic mass is 16.7. The number of hydrogen-bond acceptors (Lipinski definition) is 1. The first kappa shape index (κ1) is 20.5. The van der Waals surface area contributed by atoms with Crippen LogP contribution in [0.15, 0.2) is 42.7 Å².